The quantitative estimate of drug-likeness (QED) is 0.492. The van der Waals surface area contributed by atoms with Gasteiger partial charge in [-0.3, -0.25) is 0 Å². The molecule has 1 atom stereocenters. The summed E-state index contributed by atoms with van der Waals surface area (Å²) in [6.45, 7) is 8.37. The first-order chi connectivity index (χ1) is 6.08. The molecule has 1 rings (SSSR count). The fourth-order valence-corrected chi connectivity index (χ4v) is 1.98. The van der Waals surface area contributed by atoms with Crippen molar-refractivity contribution < 1.29 is 9.53 Å². The smallest absolute Gasteiger partial charge is 0.129 e. The van der Waals surface area contributed by atoms with Crippen LogP contribution in [0.5, 0.6) is 0 Å². The molecular formula is C11H18O2. The summed E-state index contributed by atoms with van der Waals surface area (Å²) in [4.78, 5) is 11.1. The molecule has 2 nitrogen and oxygen atoms in total. The molecule has 74 valence electrons. The molecule has 1 unspecified atom stereocenters. The van der Waals surface area contributed by atoms with E-state index in [9.17, 15) is 4.79 Å². The second-order valence-corrected chi connectivity index (χ2v) is 4.21. The fourth-order valence-electron chi connectivity index (χ4n) is 1.98. The summed E-state index contributed by atoms with van der Waals surface area (Å²) in [5, 5.41) is 0. The molecule has 0 aliphatic carbocycles. The van der Waals surface area contributed by atoms with Crippen LogP contribution in [0.4, 0.5) is 0 Å². The molecule has 0 aromatic heterocycles. The normalized spacial score (nSPS) is 31.5. The molecule has 0 N–H and O–H groups in total. The average Bonchev–Trinajstić information content (AvgIpc) is 2.38. The van der Waals surface area contributed by atoms with E-state index < -0.39 is 0 Å². The lowest BCUT2D eigenvalue weighted by atomic mass is 9.71. The van der Waals surface area contributed by atoms with E-state index in [1.54, 1.807) is 0 Å². The van der Waals surface area contributed by atoms with Crippen molar-refractivity contribution in [2.45, 2.75) is 38.7 Å². The highest BCUT2D eigenvalue weighted by atomic mass is 16.5. The molecule has 0 amide bonds. The van der Waals surface area contributed by atoms with Crippen LogP contribution in [0, 0.1) is 5.41 Å². The van der Waals surface area contributed by atoms with E-state index in [-0.39, 0.29) is 11.0 Å². The summed E-state index contributed by atoms with van der Waals surface area (Å²) < 4.78 is 5.58. The lowest BCUT2D eigenvalue weighted by molar-refractivity contribution is -0.125. The summed E-state index contributed by atoms with van der Waals surface area (Å²) in [6, 6.07) is 0. The monoisotopic (exact) mass is 182 g/mol. The zero-order valence-corrected chi connectivity index (χ0v) is 8.51. The Bertz CT molecular complexity index is 208. The Balaban J connectivity index is 2.78. The molecule has 1 saturated heterocycles. The van der Waals surface area contributed by atoms with Crippen LogP contribution in [0.25, 0.3) is 0 Å². The van der Waals surface area contributed by atoms with E-state index in [1.807, 2.05) is 19.9 Å². The largest absolute Gasteiger partial charge is 0.375 e. The van der Waals surface area contributed by atoms with E-state index in [0.717, 1.165) is 25.5 Å². The summed E-state index contributed by atoms with van der Waals surface area (Å²) >= 11 is 0. The van der Waals surface area contributed by atoms with Gasteiger partial charge < -0.3 is 9.53 Å². The molecule has 0 aromatic carbocycles. The van der Waals surface area contributed by atoms with Crippen LogP contribution in [0.2, 0.25) is 0 Å². The first-order valence-electron chi connectivity index (χ1n) is 4.79. The number of ether oxygens (including phenoxy) is 1. The van der Waals surface area contributed by atoms with E-state index in [0.29, 0.717) is 6.61 Å². The number of hydrogen-bond acceptors (Lipinski definition) is 2. The third-order valence-electron chi connectivity index (χ3n) is 3.23. The Morgan fingerprint density at radius 3 is 2.62 bits per heavy atom. The molecular weight excluding hydrogens is 164 g/mol. The zero-order valence-electron chi connectivity index (χ0n) is 8.51. The van der Waals surface area contributed by atoms with Crippen LogP contribution in [-0.2, 0) is 9.53 Å². The Labute approximate surface area is 80.0 Å². The van der Waals surface area contributed by atoms with Gasteiger partial charge in [0.05, 0.1) is 11.0 Å². The highest BCUT2D eigenvalue weighted by Crippen LogP contribution is 2.45. The number of allylic oxidation sites excluding steroid dienone is 1. The highest BCUT2D eigenvalue weighted by Gasteiger charge is 2.49. The van der Waals surface area contributed by atoms with Gasteiger partial charge >= 0.3 is 0 Å². The van der Waals surface area contributed by atoms with Gasteiger partial charge in [-0.2, -0.15) is 0 Å². The maximum atomic E-state index is 11.1. The number of hydrogen-bond donors (Lipinski definition) is 0. The second kappa shape index (κ2) is 3.62. The van der Waals surface area contributed by atoms with Gasteiger partial charge in [-0.1, -0.05) is 6.08 Å². The molecule has 1 aliphatic rings. The van der Waals surface area contributed by atoms with E-state index in [1.165, 1.54) is 0 Å². The molecule has 2 heteroatoms. The summed E-state index contributed by atoms with van der Waals surface area (Å²) in [6.07, 6.45) is 5.51. The molecule has 0 spiro atoms. The van der Waals surface area contributed by atoms with Gasteiger partial charge in [0.1, 0.15) is 6.29 Å². The van der Waals surface area contributed by atoms with Crippen LogP contribution < -0.4 is 0 Å². The predicted molar refractivity (Wildman–Crippen MR) is 52.6 cm³/mol. The van der Waals surface area contributed by atoms with E-state index >= 15 is 0 Å². The van der Waals surface area contributed by atoms with Crippen LogP contribution in [-0.4, -0.2) is 18.5 Å². The second-order valence-electron chi connectivity index (χ2n) is 4.21. The maximum absolute atomic E-state index is 11.1. The molecule has 1 heterocycles. The minimum atomic E-state index is -0.308. The number of aldehydes is 1. The molecule has 0 saturated carbocycles. The lowest BCUT2D eigenvalue weighted by Crippen LogP contribution is -2.41. The Hall–Kier alpha value is -0.630. The number of carbonyl (C=O) groups excluding carboxylic acids is 1. The van der Waals surface area contributed by atoms with Crippen molar-refractivity contribution in [3.8, 4) is 0 Å². The van der Waals surface area contributed by atoms with Gasteiger partial charge in [-0.15, -0.1) is 6.58 Å². The van der Waals surface area contributed by atoms with Crippen molar-refractivity contribution in [1.29, 1.82) is 0 Å². The van der Waals surface area contributed by atoms with Crippen molar-refractivity contribution in [2.24, 2.45) is 5.41 Å². The lowest BCUT2D eigenvalue weighted by Gasteiger charge is -2.34. The molecule has 0 aromatic rings. The highest BCUT2D eigenvalue weighted by molar-refractivity contribution is 5.62. The molecule has 0 bridgehead atoms. The van der Waals surface area contributed by atoms with Gasteiger partial charge in [0.15, 0.2) is 0 Å². The van der Waals surface area contributed by atoms with Gasteiger partial charge in [0.25, 0.3) is 0 Å². The van der Waals surface area contributed by atoms with Gasteiger partial charge in [-0.25, -0.2) is 0 Å². The van der Waals surface area contributed by atoms with Crippen molar-refractivity contribution in [3.63, 3.8) is 0 Å². The summed E-state index contributed by atoms with van der Waals surface area (Å²) in [7, 11) is 0. The third-order valence-corrected chi connectivity index (χ3v) is 3.23. The Kier molecular flexibility index (Phi) is 2.91. The molecule has 1 fully saturated rings. The number of rotatable bonds is 4. The summed E-state index contributed by atoms with van der Waals surface area (Å²) in [5.74, 6) is 0. The summed E-state index contributed by atoms with van der Waals surface area (Å²) in [5.41, 5.74) is -0.598. The van der Waals surface area contributed by atoms with Gasteiger partial charge in [0.2, 0.25) is 0 Å². The zero-order chi connectivity index (χ0) is 9.95. The van der Waals surface area contributed by atoms with E-state index in [4.69, 9.17) is 4.74 Å². The van der Waals surface area contributed by atoms with Gasteiger partial charge in [-0.05, 0) is 33.1 Å². The average molecular weight is 182 g/mol. The third kappa shape index (κ3) is 1.68. The molecule has 1 aliphatic heterocycles. The number of carbonyl (C=O) groups is 1. The van der Waals surface area contributed by atoms with Gasteiger partial charge in [0, 0.05) is 6.61 Å². The first kappa shape index (κ1) is 10.5. The minimum absolute atomic E-state index is 0.290. The first-order valence-corrected chi connectivity index (χ1v) is 4.79. The van der Waals surface area contributed by atoms with E-state index in [2.05, 4.69) is 6.58 Å². The predicted octanol–water partition coefficient (Wildman–Crippen LogP) is 2.34. The topological polar surface area (TPSA) is 26.3 Å². The Morgan fingerprint density at radius 2 is 2.23 bits per heavy atom. The van der Waals surface area contributed by atoms with Crippen molar-refractivity contribution >= 4 is 6.29 Å². The maximum Gasteiger partial charge on any atom is 0.129 e. The van der Waals surface area contributed by atoms with Crippen molar-refractivity contribution in [1.82, 2.24) is 0 Å². The van der Waals surface area contributed by atoms with Crippen LogP contribution in [0.15, 0.2) is 12.7 Å². The van der Waals surface area contributed by atoms with Crippen LogP contribution >= 0.6 is 0 Å². The fraction of sp³-hybridized carbons (Fsp3) is 0.727. The molecule has 13 heavy (non-hydrogen) atoms. The Morgan fingerprint density at radius 1 is 1.54 bits per heavy atom. The van der Waals surface area contributed by atoms with Crippen molar-refractivity contribution in [2.75, 3.05) is 6.61 Å². The van der Waals surface area contributed by atoms with Crippen LogP contribution in [0.1, 0.15) is 33.1 Å². The van der Waals surface area contributed by atoms with Crippen molar-refractivity contribution in [3.05, 3.63) is 12.7 Å². The standard InChI is InChI=1S/C11H18O2/c1-4-5-6-11(9-12)7-8-13-10(11,2)3/h4,9H,1,5-8H2,2-3H3. The SMILES string of the molecule is C=CCCC1(C=O)CCOC1(C)C. The minimum Gasteiger partial charge on any atom is -0.375 e. The van der Waals surface area contributed by atoms with Crippen LogP contribution in [0.3, 0.4) is 0 Å². The molecule has 0 radical (unpaired) electrons.